The zero-order chi connectivity index (χ0) is 17.9. The molecule has 0 aliphatic heterocycles. The fraction of sp³-hybridized carbons (Fsp3) is 0.650. The van der Waals surface area contributed by atoms with Crippen LogP contribution in [-0.2, 0) is 5.41 Å². The van der Waals surface area contributed by atoms with Gasteiger partial charge in [0.15, 0.2) is 17.3 Å². The fourth-order valence-corrected chi connectivity index (χ4v) is 5.13. The number of aliphatic hydroxyl groups excluding tert-OH is 1. The monoisotopic (exact) mass is 332 g/mol. The fourth-order valence-electron chi connectivity index (χ4n) is 5.13. The van der Waals surface area contributed by atoms with Crippen molar-refractivity contribution < 1.29 is 20.1 Å². The molecule has 0 aromatic heterocycles. The highest BCUT2D eigenvalue weighted by Gasteiger charge is 2.55. The number of carbonyl (C=O) groups is 1. The van der Waals surface area contributed by atoms with Crippen LogP contribution in [0.3, 0.4) is 0 Å². The van der Waals surface area contributed by atoms with Crippen LogP contribution in [0.1, 0.15) is 80.8 Å². The third kappa shape index (κ3) is 2.19. The van der Waals surface area contributed by atoms with Crippen LogP contribution in [-0.4, -0.2) is 27.7 Å². The van der Waals surface area contributed by atoms with Crippen molar-refractivity contribution in [3.05, 3.63) is 22.8 Å². The van der Waals surface area contributed by atoms with Gasteiger partial charge in [0.25, 0.3) is 0 Å². The number of fused-ring (bicyclic) bond motifs is 3. The summed E-state index contributed by atoms with van der Waals surface area (Å²) < 4.78 is 0. The lowest BCUT2D eigenvalue weighted by Crippen LogP contribution is -2.53. The van der Waals surface area contributed by atoms with Gasteiger partial charge in [0.1, 0.15) is 0 Å². The molecule has 2 aliphatic rings. The van der Waals surface area contributed by atoms with Crippen LogP contribution in [0.2, 0.25) is 0 Å². The number of phenolic OH excluding ortho intramolecular Hbond substituents is 2. The third-order valence-corrected chi connectivity index (χ3v) is 6.45. The summed E-state index contributed by atoms with van der Waals surface area (Å²) in [5.74, 6) is -0.376. The lowest BCUT2D eigenvalue weighted by molar-refractivity contribution is -0.00329. The van der Waals surface area contributed by atoms with Crippen molar-refractivity contribution in [1.29, 1.82) is 0 Å². The number of carbonyl (C=O) groups excluding carboxylic acids is 1. The van der Waals surface area contributed by atoms with E-state index in [-0.39, 0.29) is 41.1 Å². The number of Topliss-reactive ketones (excluding diaryl/α,β-unsaturated/α-hetero) is 1. The van der Waals surface area contributed by atoms with E-state index in [4.69, 9.17) is 0 Å². The zero-order valence-corrected chi connectivity index (χ0v) is 15.0. The van der Waals surface area contributed by atoms with E-state index in [9.17, 15) is 20.1 Å². The molecular formula is C20H28O4. The van der Waals surface area contributed by atoms with E-state index in [2.05, 4.69) is 13.8 Å². The van der Waals surface area contributed by atoms with Gasteiger partial charge in [-0.15, -0.1) is 0 Å². The second-order valence-corrected chi connectivity index (χ2v) is 8.58. The minimum absolute atomic E-state index is 0.000373. The van der Waals surface area contributed by atoms with Gasteiger partial charge in [0, 0.05) is 28.5 Å². The van der Waals surface area contributed by atoms with Crippen LogP contribution >= 0.6 is 0 Å². The average molecular weight is 332 g/mol. The number of ketones is 1. The second kappa shape index (κ2) is 5.48. The van der Waals surface area contributed by atoms with Crippen molar-refractivity contribution in [3.63, 3.8) is 0 Å². The number of hydrogen-bond acceptors (Lipinski definition) is 4. The number of phenols is 2. The van der Waals surface area contributed by atoms with Crippen molar-refractivity contribution in [2.45, 2.75) is 64.7 Å². The first kappa shape index (κ1) is 17.3. The topological polar surface area (TPSA) is 77.8 Å². The summed E-state index contributed by atoms with van der Waals surface area (Å²) in [6.45, 7) is 8.00. The van der Waals surface area contributed by atoms with Crippen molar-refractivity contribution in [1.82, 2.24) is 0 Å². The van der Waals surface area contributed by atoms with Crippen molar-refractivity contribution in [3.8, 4) is 11.5 Å². The standard InChI is InChI=1S/C20H28O4/c1-11(2)12-8-13-14(22)9-15-19(3,4)6-5-7-20(15,10-21)16(13)18(24)17(12)23/h8,11,15,21,23-24H,5-7,9-10H2,1-4H3. The summed E-state index contributed by atoms with van der Waals surface area (Å²) in [5.41, 5.74) is 0.800. The van der Waals surface area contributed by atoms with Crippen LogP contribution in [0.5, 0.6) is 11.5 Å². The number of benzene rings is 1. The molecule has 1 fully saturated rings. The molecule has 0 spiro atoms. The van der Waals surface area contributed by atoms with Gasteiger partial charge in [-0.1, -0.05) is 34.1 Å². The lowest BCUT2D eigenvalue weighted by Gasteiger charge is -2.54. The lowest BCUT2D eigenvalue weighted by atomic mass is 9.49. The Morgan fingerprint density at radius 3 is 2.46 bits per heavy atom. The van der Waals surface area contributed by atoms with Gasteiger partial charge in [-0.2, -0.15) is 0 Å². The van der Waals surface area contributed by atoms with Gasteiger partial charge in [-0.05, 0) is 36.2 Å². The van der Waals surface area contributed by atoms with E-state index < -0.39 is 5.41 Å². The molecule has 0 heterocycles. The van der Waals surface area contributed by atoms with E-state index in [1.165, 1.54) is 0 Å². The minimum Gasteiger partial charge on any atom is -0.504 e. The maximum Gasteiger partial charge on any atom is 0.163 e. The highest BCUT2D eigenvalue weighted by molar-refractivity contribution is 6.01. The van der Waals surface area contributed by atoms with Crippen LogP contribution in [0.15, 0.2) is 6.07 Å². The predicted molar refractivity (Wildman–Crippen MR) is 92.7 cm³/mol. The van der Waals surface area contributed by atoms with Gasteiger partial charge < -0.3 is 15.3 Å². The van der Waals surface area contributed by atoms with E-state index in [1.807, 2.05) is 13.8 Å². The maximum absolute atomic E-state index is 12.9. The van der Waals surface area contributed by atoms with E-state index >= 15 is 0 Å². The van der Waals surface area contributed by atoms with Crippen molar-refractivity contribution >= 4 is 5.78 Å². The Morgan fingerprint density at radius 2 is 1.88 bits per heavy atom. The first-order chi connectivity index (χ1) is 11.2. The molecule has 2 aliphatic carbocycles. The number of rotatable bonds is 2. The summed E-state index contributed by atoms with van der Waals surface area (Å²) in [6, 6.07) is 1.73. The largest absolute Gasteiger partial charge is 0.504 e. The Bertz CT molecular complexity index is 689. The maximum atomic E-state index is 12.9. The number of aliphatic hydroxyl groups is 1. The van der Waals surface area contributed by atoms with E-state index in [0.29, 0.717) is 23.1 Å². The predicted octanol–water partition coefficient (Wildman–Crippen LogP) is 3.86. The van der Waals surface area contributed by atoms with Crippen molar-refractivity contribution in [2.24, 2.45) is 11.3 Å². The van der Waals surface area contributed by atoms with E-state index in [0.717, 1.165) is 19.3 Å². The van der Waals surface area contributed by atoms with Crippen LogP contribution in [0.4, 0.5) is 0 Å². The molecule has 2 unspecified atom stereocenters. The summed E-state index contributed by atoms with van der Waals surface area (Å²) >= 11 is 0. The molecule has 0 bridgehead atoms. The van der Waals surface area contributed by atoms with Crippen LogP contribution in [0.25, 0.3) is 0 Å². The summed E-state index contributed by atoms with van der Waals surface area (Å²) in [4.78, 5) is 12.9. The highest BCUT2D eigenvalue weighted by atomic mass is 16.3. The van der Waals surface area contributed by atoms with Gasteiger partial charge >= 0.3 is 0 Å². The number of hydrogen-bond donors (Lipinski definition) is 3. The van der Waals surface area contributed by atoms with Crippen LogP contribution < -0.4 is 0 Å². The summed E-state index contributed by atoms with van der Waals surface area (Å²) in [6.07, 6.45) is 3.05. The average Bonchev–Trinajstić information content (AvgIpc) is 2.51. The quantitative estimate of drug-likeness (QED) is 0.719. The van der Waals surface area contributed by atoms with E-state index in [1.54, 1.807) is 6.07 Å². The molecule has 0 saturated heterocycles. The summed E-state index contributed by atoms with van der Waals surface area (Å²) in [5, 5.41) is 31.6. The molecular weight excluding hydrogens is 304 g/mol. The van der Waals surface area contributed by atoms with Crippen molar-refractivity contribution in [2.75, 3.05) is 6.61 Å². The SMILES string of the molecule is CC(C)c1cc2c(c(O)c1O)C1(CO)CCCC(C)(C)C1CC2=O. The summed E-state index contributed by atoms with van der Waals surface area (Å²) in [7, 11) is 0. The smallest absolute Gasteiger partial charge is 0.163 e. The molecule has 132 valence electrons. The Morgan fingerprint density at radius 1 is 1.21 bits per heavy atom. The molecule has 4 nitrogen and oxygen atoms in total. The molecule has 24 heavy (non-hydrogen) atoms. The Hall–Kier alpha value is -1.55. The molecule has 1 saturated carbocycles. The first-order valence-corrected chi connectivity index (χ1v) is 8.89. The van der Waals surface area contributed by atoms with Gasteiger partial charge in [-0.3, -0.25) is 4.79 Å². The van der Waals surface area contributed by atoms with Gasteiger partial charge in [-0.25, -0.2) is 0 Å². The molecule has 0 amide bonds. The Labute approximate surface area is 143 Å². The molecule has 3 N–H and O–H groups in total. The zero-order valence-electron chi connectivity index (χ0n) is 15.0. The minimum atomic E-state index is -0.651. The molecule has 3 rings (SSSR count). The molecule has 4 heteroatoms. The number of aromatic hydroxyl groups is 2. The molecule has 1 aromatic carbocycles. The Balaban J connectivity index is 2.32. The van der Waals surface area contributed by atoms with Gasteiger partial charge in [0.2, 0.25) is 0 Å². The normalized spacial score (nSPS) is 28.6. The van der Waals surface area contributed by atoms with Gasteiger partial charge in [0.05, 0.1) is 6.61 Å². The highest BCUT2D eigenvalue weighted by Crippen LogP contribution is 2.60. The van der Waals surface area contributed by atoms with Crippen LogP contribution in [0, 0.1) is 11.3 Å². The first-order valence-electron chi connectivity index (χ1n) is 8.89. The molecule has 2 atom stereocenters. The second-order valence-electron chi connectivity index (χ2n) is 8.58. The Kier molecular flexibility index (Phi) is 3.95. The third-order valence-electron chi connectivity index (χ3n) is 6.45. The molecule has 1 aromatic rings. The molecule has 0 radical (unpaired) electrons.